The molecular weight excluding hydrogens is 564 g/mol. The first-order valence-corrected chi connectivity index (χ1v) is 12.4. The minimum absolute atomic E-state index is 0.0680. The van der Waals surface area contributed by atoms with Crippen molar-refractivity contribution >= 4 is 34.2 Å². The minimum atomic E-state index is -4.90. The van der Waals surface area contributed by atoms with Gasteiger partial charge in [0, 0.05) is 11.1 Å². The average Bonchev–Trinajstić information content (AvgIpc) is 3.36. The normalized spacial score (nSPS) is 12.4. The highest BCUT2D eigenvalue weighted by atomic mass is 35.5. The lowest BCUT2D eigenvalue weighted by molar-refractivity contribution is -0.137. The Kier molecular flexibility index (Phi) is 7.37. The van der Waals surface area contributed by atoms with E-state index in [-0.39, 0.29) is 39.0 Å². The number of methoxy groups -OCH3 is 1. The molecule has 4 aromatic carbocycles. The number of aromatic nitrogens is 2. The van der Waals surface area contributed by atoms with E-state index in [1.54, 1.807) is 30.3 Å². The van der Waals surface area contributed by atoms with Gasteiger partial charge < -0.3 is 9.84 Å². The summed E-state index contributed by atoms with van der Waals surface area (Å²) in [6, 6.07) is 19.0. The molecule has 0 fully saturated rings. The maximum Gasteiger partial charge on any atom is 0.417 e. The highest BCUT2D eigenvalue weighted by Gasteiger charge is 2.37. The van der Waals surface area contributed by atoms with Gasteiger partial charge in [0.2, 0.25) is 0 Å². The van der Waals surface area contributed by atoms with Crippen LogP contribution in [0.4, 0.5) is 17.6 Å². The number of Topliss-reactive ketones (excluding diaryl/α,β-unsaturated/α-hetero) is 1. The Morgan fingerprint density at radius 1 is 0.976 bits per heavy atom. The Morgan fingerprint density at radius 3 is 2.37 bits per heavy atom. The third-order valence-electron chi connectivity index (χ3n) is 6.48. The number of alkyl halides is 3. The Labute approximate surface area is 235 Å². The Morgan fingerprint density at radius 2 is 1.68 bits per heavy atom. The highest BCUT2D eigenvalue weighted by molar-refractivity contribution is 6.34. The molecule has 5 aromatic rings. The van der Waals surface area contributed by atoms with Crippen molar-refractivity contribution in [3.63, 3.8) is 0 Å². The van der Waals surface area contributed by atoms with E-state index in [0.29, 0.717) is 4.68 Å². The van der Waals surface area contributed by atoms with E-state index in [9.17, 15) is 27.9 Å². The molecule has 11 heteroatoms. The van der Waals surface area contributed by atoms with Gasteiger partial charge >= 0.3 is 6.18 Å². The maximum atomic E-state index is 15.2. The molecule has 0 radical (unpaired) electrons. The summed E-state index contributed by atoms with van der Waals surface area (Å²) >= 11 is 6.04. The van der Waals surface area contributed by atoms with Crippen LogP contribution >= 0.6 is 11.6 Å². The van der Waals surface area contributed by atoms with E-state index in [1.807, 2.05) is 0 Å². The first-order chi connectivity index (χ1) is 19.5. The van der Waals surface area contributed by atoms with E-state index in [0.717, 1.165) is 24.3 Å². The molecule has 1 N–H and O–H groups in total. The van der Waals surface area contributed by atoms with Crippen molar-refractivity contribution in [2.24, 2.45) is 0 Å². The van der Waals surface area contributed by atoms with Gasteiger partial charge in [-0.1, -0.05) is 60.1 Å². The van der Waals surface area contributed by atoms with Crippen LogP contribution < -0.4 is 4.74 Å². The van der Waals surface area contributed by atoms with E-state index in [2.05, 4.69) is 5.10 Å². The number of aliphatic hydroxyl groups is 1. The summed E-state index contributed by atoms with van der Waals surface area (Å²) in [7, 11) is 1.30. The zero-order chi connectivity index (χ0) is 29.5. The van der Waals surface area contributed by atoms with Crippen molar-refractivity contribution in [1.82, 2.24) is 9.78 Å². The summed E-state index contributed by atoms with van der Waals surface area (Å²) in [5.41, 5.74) is -1.71. The highest BCUT2D eigenvalue weighted by Crippen LogP contribution is 2.39. The van der Waals surface area contributed by atoms with Gasteiger partial charge in [-0.2, -0.15) is 23.0 Å². The number of benzene rings is 4. The molecule has 208 valence electrons. The molecule has 1 aromatic heterocycles. The van der Waals surface area contributed by atoms with Gasteiger partial charge in [0.1, 0.15) is 23.4 Å². The fourth-order valence-corrected chi connectivity index (χ4v) is 4.80. The molecule has 0 spiro atoms. The lowest BCUT2D eigenvalue weighted by Gasteiger charge is -2.14. The van der Waals surface area contributed by atoms with Crippen LogP contribution in [0.5, 0.6) is 5.75 Å². The van der Waals surface area contributed by atoms with Gasteiger partial charge in [-0.25, -0.2) is 4.39 Å². The molecule has 1 atom stereocenters. The first kappa shape index (κ1) is 28.0. The van der Waals surface area contributed by atoms with E-state index >= 15 is 4.39 Å². The van der Waals surface area contributed by atoms with Crippen LogP contribution in [0, 0.1) is 5.82 Å². The third-order valence-corrected chi connectivity index (χ3v) is 6.80. The fraction of sp³-hybridized carbons (Fsp3) is 0.100. The summed E-state index contributed by atoms with van der Waals surface area (Å²) in [5.74, 6) is -2.51. The van der Waals surface area contributed by atoms with Crippen molar-refractivity contribution in [1.29, 1.82) is 0 Å². The number of carbonyl (C=O) groups is 2. The number of ketones is 1. The van der Waals surface area contributed by atoms with Crippen molar-refractivity contribution < 1.29 is 37.0 Å². The molecule has 0 bridgehead atoms. The van der Waals surface area contributed by atoms with Crippen molar-refractivity contribution in [2.75, 3.05) is 7.11 Å². The standard InChI is InChI=1S/C30H19ClF4N2O4/c1-41-23-15-17(28(39)27(38)16-7-3-2-4-8-16)13-14-18(23)26-25-21(32)11-6-12-22(25)37(36-26)29(40)24-19(30(33,34)35)9-5-10-20(24)31/h2-15,28,39H,1H3. The fourth-order valence-electron chi connectivity index (χ4n) is 4.54. The van der Waals surface area contributed by atoms with E-state index in [4.69, 9.17) is 16.3 Å². The van der Waals surface area contributed by atoms with Crippen LogP contribution in [0.15, 0.2) is 84.9 Å². The van der Waals surface area contributed by atoms with Crippen molar-refractivity contribution in [3.05, 3.63) is 118 Å². The van der Waals surface area contributed by atoms with Crippen LogP contribution in [0.2, 0.25) is 5.02 Å². The monoisotopic (exact) mass is 582 g/mol. The zero-order valence-electron chi connectivity index (χ0n) is 21.1. The van der Waals surface area contributed by atoms with E-state index < -0.39 is 45.9 Å². The lowest BCUT2D eigenvalue weighted by atomic mass is 9.97. The molecule has 0 saturated heterocycles. The van der Waals surface area contributed by atoms with Crippen LogP contribution in [0.1, 0.15) is 37.9 Å². The Balaban J connectivity index is 1.65. The molecule has 1 heterocycles. The number of halogens is 5. The van der Waals surface area contributed by atoms with Crippen LogP contribution in [0.3, 0.4) is 0 Å². The average molecular weight is 583 g/mol. The Hall–Kier alpha value is -4.54. The van der Waals surface area contributed by atoms with Crippen molar-refractivity contribution in [3.8, 4) is 17.0 Å². The minimum Gasteiger partial charge on any atom is -0.496 e. The molecule has 0 aliphatic rings. The van der Waals surface area contributed by atoms with Gasteiger partial charge in [0.05, 0.1) is 34.2 Å². The molecule has 1 unspecified atom stereocenters. The summed E-state index contributed by atoms with van der Waals surface area (Å²) in [6.45, 7) is 0. The largest absolute Gasteiger partial charge is 0.496 e. The molecular formula is C30H19ClF4N2O4. The molecule has 0 amide bonds. The summed E-state index contributed by atoms with van der Waals surface area (Å²) in [6.07, 6.45) is -6.45. The third kappa shape index (κ3) is 5.07. The molecule has 0 saturated carbocycles. The predicted octanol–water partition coefficient (Wildman–Crippen LogP) is 7.13. The summed E-state index contributed by atoms with van der Waals surface area (Å²) in [4.78, 5) is 26.3. The number of carbonyl (C=O) groups excluding carboxylic acids is 2. The summed E-state index contributed by atoms with van der Waals surface area (Å²) in [5, 5.41) is 14.3. The second-order valence-electron chi connectivity index (χ2n) is 8.95. The summed E-state index contributed by atoms with van der Waals surface area (Å²) < 4.78 is 62.6. The predicted molar refractivity (Wildman–Crippen MR) is 144 cm³/mol. The number of hydrogen-bond acceptors (Lipinski definition) is 5. The number of aliphatic hydroxyl groups excluding tert-OH is 1. The lowest BCUT2D eigenvalue weighted by Crippen LogP contribution is -2.20. The number of hydrogen-bond donors (Lipinski definition) is 1. The van der Waals surface area contributed by atoms with Gasteiger partial charge in [0.25, 0.3) is 5.91 Å². The van der Waals surface area contributed by atoms with E-state index in [1.165, 1.54) is 37.4 Å². The number of ether oxygens (including phenoxy) is 1. The van der Waals surface area contributed by atoms with Gasteiger partial charge in [-0.05, 0) is 42.0 Å². The quantitative estimate of drug-likeness (QED) is 0.170. The second-order valence-corrected chi connectivity index (χ2v) is 9.36. The van der Waals surface area contributed by atoms with Gasteiger partial charge in [-0.15, -0.1) is 0 Å². The number of rotatable bonds is 6. The first-order valence-electron chi connectivity index (χ1n) is 12.1. The number of nitrogens with zero attached hydrogens (tertiary/aromatic N) is 2. The topological polar surface area (TPSA) is 81.4 Å². The van der Waals surface area contributed by atoms with Crippen LogP contribution in [-0.4, -0.2) is 33.7 Å². The Bertz CT molecular complexity index is 1800. The molecule has 0 aliphatic heterocycles. The maximum absolute atomic E-state index is 15.2. The van der Waals surface area contributed by atoms with Crippen LogP contribution in [-0.2, 0) is 6.18 Å². The molecule has 6 nitrogen and oxygen atoms in total. The molecule has 41 heavy (non-hydrogen) atoms. The second kappa shape index (κ2) is 10.8. The zero-order valence-corrected chi connectivity index (χ0v) is 21.9. The smallest absolute Gasteiger partial charge is 0.417 e. The number of fused-ring (bicyclic) bond motifs is 1. The van der Waals surface area contributed by atoms with Gasteiger partial charge in [-0.3, -0.25) is 9.59 Å². The van der Waals surface area contributed by atoms with Crippen molar-refractivity contribution in [2.45, 2.75) is 12.3 Å². The SMILES string of the molecule is COc1cc(C(O)C(=O)c2ccccc2)ccc1-c1nn(C(=O)c2c(Cl)cccc2C(F)(F)F)c2cccc(F)c12. The molecule has 0 aliphatic carbocycles. The van der Waals surface area contributed by atoms with Crippen LogP contribution in [0.25, 0.3) is 22.2 Å². The molecule has 5 rings (SSSR count). The van der Waals surface area contributed by atoms with Gasteiger partial charge in [0.15, 0.2) is 5.78 Å².